The Balaban J connectivity index is 1.76. The van der Waals surface area contributed by atoms with Crippen LogP contribution in [-0.4, -0.2) is 37.6 Å². The first kappa shape index (κ1) is 22.0. The van der Waals surface area contributed by atoms with Crippen LogP contribution < -0.4 is 10.6 Å². The molecule has 0 bridgehead atoms. The summed E-state index contributed by atoms with van der Waals surface area (Å²) in [7, 11) is -3.66. The zero-order valence-electron chi connectivity index (χ0n) is 17.4. The second kappa shape index (κ2) is 8.97. The maximum Gasteiger partial charge on any atom is 0.255 e. The van der Waals surface area contributed by atoms with Crippen molar-refractivity contribution >= 4 is 33.2 Å². The number of sulfonamides is 1. The number of carbonyl (C=O) groups is 2. The standard InChI is InChI=1S/C22H27N3O4S/c1-15-11-16(2)14-25(13-15)30(28,29)21-6-4-5-18(12-21)22(27)24-20-9-7-19(8-10-20)23-17(3)26/h4-10,12,15-16H,11,13-14H2,1-3H3,(H,23,26)(H,24,27). The van der Waals surface area contributed by atoms with Crippen LogP contribution in [0.3, 0.4) is 0 Å². The first-order chi connectivity index (χ1) is 14.1. The summed E-state index contributed by atoms with van der Waals surface area (Å²) in [5.41, 5.74) is 1.43. The second-order valence-electron chi connectivity index (χ2n) is 8.01. The Morgan fingerprint density at radius 1 is 0.933 bits per heavy atom. The molecule has 2 aromatic carbocycles. The van der Waals surface area contributed by atoms with Crippen LogP contribution in [0.4, 0.5) is 11.4 Å². The lowest BCUT2D eigenvalue weighted by atomic mass is 9.94. The minimum atomic E-state index is -3.66. The number of benzene rings is 2. The molecule has 1 saturated heterocycles. The fourth-order valence-electron chi connectivity index (χ4n) is 3.79. The minimum absolute atomic E-state index is 0.123. The lowest BCUT2D eigenvalue weighted by molar-refractivity contribution is -0.114. The molecule has 0 spiro atoms. The van der Waals surface area contributed by atoms with Gasteiger partial charge < -0.3 is 10.6 Å². The Labute approximate surface area is 177 Å². The average Bonchev–Trinajstić information content (AvgIpc) is 2.68. The third kappa shape index (κ3) is 5.25. The first-order valence-electron chi connectivity index (χ1n) is 9.94. The van der Waals surface area contributed by atoms with E-state index in [1.165, 1.54) is 23.4 Å². The highest BCUT2D eigenvalue weighted by Crippen LogP contribution is 2.27. The molecule has 160 valence electrons. The van der Waals surface area contributed by atoms with E-state index in [0.717, 1.165) is 6.42 Å². The van der Waals surface area contributed by atoms with Gasteiger partial charge in [0.1, 0.15) is 0 Å². The average molecular weight is 430 g/mol. The number of rotatable bonds is 5. The molecule has 7 nitrogen and oxygen atoms in total. The molecule has 2 unspecified atom stereocenters. The van der Waals surface area contributed by atoms with Crippen molar-refractivity contribution in [1.82, 2.24) is 4.31 Å². The van der Waals surface area contributed by atoms with Gasteiger partial charge in [0.15, 0.2) is 0 Å². The molecule has 2 aromatic rings. The second-order valence-corrected chi connectivity index (χ2v) is 9.95. The molecule has 1 aliphatic heterocycles. The third-order valence-corrected chi connectivity index (χ3v) is 6.86. The van der Waals surface area contributed by atoms with E-state index in [0.29, 0.717) is 36.3 Å². The first-order valence-corrected chi connectivity index (χ1v) is 11.4. The number of carbonyl (C=O) groups excluding carboxylic acids is 2. The molecule has 2 atom stereocenters. The maximum atomic E-state index is 13.1. The Kier molecular flexibility index (Phi) is 6.58. The lowest BCUT2D eigenvalue weighted by Crippen LogP contribution is -2.42. The molecule has 2 N–H and O–H groups in total. The van der Waals surface area contributed by atoms with Gasteiger partial charge in [-0.15, -0.1) is 0 Å². The number of amides is 2. The van der Waals surface area contributed by atoms with E-state index in [1.54, 1.807) is 36.4 Å². The SMILES string of the molecule is CC(=O)Nc1ccc(NC(=O)c2cccc(S(=O)(=O)N3CC(C)CC(C)C3)c2)cc1. The fourth-order valence-corrected chi connectivity index (χ4v) is 5.52. The fraction of sp³-hybridized carbons (Fsp3) is 0.364. The van der Waals surface area contributed by atoms with Crippen molar-refractivity contribution in [3.8, 4) is 0 Å². The lowest BCUT2D eigenvalue weighted by Gasteiger charge is -2.34. The number of nitrogens with one attached hydrogen (secondary N) is 2. The van der Waals surface area contributed by atoms with Crippen molar-refractivity contribution in [3.05, 3.63) is 54.1 Å². The van der Waals surface area contributed by atoms with E-state index in [2.05, 4.69) is 24.5 Å². The van der Waals surface area contributed by atoms with E-state index < -0.39 is 15.9 Å². The number of hydrogen-bond donors (Lipinski definition) is 2. The van der Waals surface area contributed by atoms with E-state index in [9.17, 15) is 18.0 Å². The number of nitrogens with zero attached hydrogens (tertiary/aromatic N) is 1. The zero-order valence-corrected chi connectivity index (χ0v) is 18.2. The van der Waals surface area contributed by atoms with Gasteiger partial charge in [0.05, 0.1) is 4.90 Å². The van der Waals surface area contributed by atoms with Gasteiger partial charge in [-0.25, -0.2) is 8.42 Å². The summed E-state index contributed by atoms with van der Waals surface area (Å²) in [4.78, 5) is 23.9. The van der Waals surface area contributed by atoms with Crippen molar-refractivity contribution in [3.63, 3.8) is 0 Å². The van der Waals surface area contributed by atoms with Gasteiger partial charge in [-0.1, -0.05) is 19.9 Å². The van der Waals surface area contributed by atoms with E-state index in [-0.39, 0.29) is 16.4 Å². The van der Waals surface area contributed by atoms with Crippen LogP contribution in [0.15, 0.2) is 53.4 Å². The Hall–Kier alpha value is -2.71. The monoisotopic (exact) mass is 429 g/mol. The van der Waals surface area contributed by atoms with E-state index in [4.69, 9.17) is 0 Å². The van der Waals surface area contributed by atoms with E-state index in [1.807, 2.05) is 0 Å². The van der Waals surface area contributed by atoms with Crippen LogP contribution in [0.25, 0.3) is 0 Å². The summed E-state index contributed by atoms with van der Waals surface area (Å²) < 4.78 is 27.7. The van der Waals surface area contributed by atoms with Gasteiger partial charge in [0.2, 0.25) is 15.9 Å². The van der Waals surface area contributed by atoms with Gasteiger partial charge in [0, 0.05) is 37.0 Å². The molecule has 8 heteroatoms. The van der Waals surface area contributed by atoms with Gasteiger partial charge in [-0.3, -0.25) is 9.59 Å². The molecule has 0 aliphatic carbocycles. The largest absolute Gasteiger partial charge is 0.326 e. The van der Waals surface area contributed by atoms with Crippen molar-refractivity contribution in [1.29, 1.82) is 0 Å². The molecule has 1 fully saturated rings. The molecular formula is C22H27N3O4S. The number of hydrogen-bond acceptors (Lipinski definition) is 4. The molecular weight excluding hydrogens is 402 g/mol. The van der Waals surface area contributed by atoms with E-state index >= 15 is 0 Å². The van der Waals surface area contributed by atoms with Crippen molar-refractivity contribution in [2.45, 2.75) is 32.1 Å². The molecule has 0 radical (unpaired) electrons. The van der Waals surface area contributed by atoms with Gasteiger partial charge in [-0.05, 0) is 60.7 Å². The summed E-state index contributed by atoms with van der Waals surface area (Å²) in [6, 6.07) is 12.8. The normalized spacial score (nSPS) is 19.8. The Bertz CT molecular complexity index is 1020. The summed E-state index contributed by atoms with van der Waals surface area (Å²) in [6.07, 6.45) is 1.01. The molecule has 1 heterocycles. The molecule has 0 saturated carbocycles. The van der Waals surface area contributed by atoms with Gasteiger partial charge in [-0.2, -0.15) is 4.31 Å². The summed E-state index contributed by atoms with van der Waals surface area (Å²) in [6.45, 7) is 6.51. The highest BCUT2D eigenvalue weighted by molar-refractivity contribution is 7.89. The predicted octanol–water partition coefficient (Wildman–Crippen LogP) is 3.56. The summed E-state index contributed by atoms with van der Waals surface area (Å²) >= 11 is 0. The predicted molar refractivity (Wildman–Crippen MR) is 117 cm³/mol. The third-order valence-electron chi connectivity index (χ3n) is 5.03. The highest BCUT2D eigenvalue weighted by atomic mass is 32.2. The smallest absolute Gasteiger partial charge is 0.255 e. The topological polar surface area (TPSA) is 95.6 Å². The van der Waals surface area contributed by atoms with Crippen LogP contribution >= 0.6 is 0 Å². The van der Waals surface area contributed by atoms with Crippen LogP contribution in [-0.2, 0) is 14.8 Å². The summed E-state index contributed by atoms with van der Waals surface area (Å²) in [5.74, 6) is 0.0212. The zero-order chi connectivity index (χ0) is 21.9. The maximum absolute atomic E-state index is 13.1. The van der Waals surface area contributed by atoms with Crippen molar-refractivity contribution in [2.75, 3.05) is 23.7 Å². The Morgan fingerprint density at radius 3 is 2.07 bits per heavy atom. The summed E-state index contributed by atoms with van der Waals surface area (Å²) in [5, 5.41) is 5.41. The van der Waals surface area contributed by atoms with Crippen molar-refractivity contribution in [2.24, 2.45) is 11.8 Å². The van der Waals surface area contributed by atoms with Crippen LogP contribution in [0.5, 0.6) is 0 Å². The molecule has 0 aromatic heterocycles. The molecule has 30 heavy (non-hydrogen) atoms. The number of anilines is 2. The Morgan fingerprint density at radius 2 is 1.50 bits per heavy atom. The number of piperidine rings is 1. The molecule has 1 aliphatic rings. The van der Waals surface area contributed by atoms with Gasteiger partial charge >= 0.3 is 0 Å². The quantitative estimate of drug-likeness (QED) is 0.760. The van der Waals surface area contributed by atoms with Crippen molar-refractivity contribution < 1.29 is 18.0 Å². The highest BCUT2D eigenvalue weighted by Gasteiger charge is 2.31. The van der Waals surface area contributed by atoms with Gasteiger partial charge in [0.25, 0.3) is 5.91 Å². The molecule has 3 rings (SSSR count). The van der Waals surface area contributed by atoms with Crippen LogP contribution in [0.1, 0.15) is 37.6 Å². The minimum Gasteiger partial charge on any atom is -0.326 e. The molecule has 2 amide bonds. The van der Waals surface area contributed by atoms with Crippen LogP contribution in [0.2, 0.25) is 0 Å². The van der Waals surface area contributed by atoms with Crippen LogP contribution in [0, 0.1) is 11.8 Å².